The Labute approximate surface area is 171 Å². The maximum absolute atomic E-state index is 12.4. The number of nitrogens with zero attached hydrogens (tertiary/aromatic N) is 3. The van der Waals surface area contributed by atoms with E-state index in [1.807, 2.05) is 78.5 Å². The number of hydrogen-bond donors (Lipinski definition) is 1. The van der Waals surface area contributed by atoms with Crippen LogP contribution < -0.4 is 5.32 Å². The van der Waals surface area contributed by atoms with Crippen molar-refractivity contribution in [1.29, 1.82) is 0 Å². The van der Waals surface area contributed by atoms with Gasteiger partial charge in [0, 0.05) is 24.8 Å². The zero-order valence-electron chi connectivity index (χ0n) is 16.7. The molecule has 0 saturated heterocycles. The van der Waals surface area contributed by atoms with Crippen molar-refractivity contribution in [1.82, 2.24) is 20.0 Å². The molecule has 5 nitrogen and oxygen atoms in total. The molecule has 4 rings (SSSR count). The average molecular weight is 386 g/mol. The zero-order valence-corrected chi connectivity index (χ0v) is 16.7. The van der Waals surface area contributed by atoms with Crippen LogP contribution in [0.15, 0.2) is 79.1 Å². The molecule has 2 heterocycles. The number of carbonyl (C=O) groups is 1. The standard InChI is InChI=1S/C24H26N4O/c1-19(20-8-4-2-5-9-20)26-24(29)18-27-14-12-21(13-15-27)22-16-25-28(17-22)23-10-6-3-7-11-23/h2-12,16-17,19H,13-15,18H2,1H3,(H,26,29)/t19-/m1/s1. The summed E-state index contributed by atoms with van der Waals surface area (Å²) < 4.78 is 1.90. The smallest absolute Gasteiger partial charge is 0.234 e. The SMILES string of the molecule is C[C@@H](NC(=O)CN1CC=C(c2cnn(-c3ccccc3)c2)CC1)c1ccccc1. The van der Waals surface area contributed by atoms with Crippen molar-refractivity contribution in [2.45, 2.75) is 19.4 Å². The van der Waals surface area contributed by atoms with E-state index in [0.717, 1.165) is 36.3 Å². The van der Waals surface area contributed by atoms with Gasteiger partial charge in [0.1, 0.15) is 0 Å². The number of aromatic nitrogens is 2. The Balaban J connectivity index is 1.32. The number of nitrogens with one attached hydrogen (secondary N) is 1. The minimum atomic E-state index is 0.0171. The summed E-state index contributed by atoms with van der Waals surface area (Å²) in [5, 5.41) is 7.58. The molecule has 1 amide bonds. The van der Waals surface area contributed by atoms with Crippen LogP contribution in [0.5, 0.6) is 0 Å². The summed E-state index contributed by atoms with van der Waals surface area (Å²) in [6, 6.07) is 20.2. The molecule has 0 unspecified atom stereocenters. The van der Waals surface area contributed by atoms with Crippen molar-refractivity contribution in [3.05, 3.63) is 90.3 Å². The predicted molar refractivity (Wildman–Crippen MR) is 116 cm³/mol. The Kier molecular flexibility index (Phi) is 5.86. The highest BCUT2D eigenvalue weighted by molar-refractivity contribution is 5.78. The topological polar surface area (TPSA) is 50.2 Å². The van der Waals surface area contributed by atoms with E-state index >= 15 is 0 Å². The Morgan fingerprint density at radius 2 is 1.83 bits per heavy atom. The molecule has 0 fully saturated rings. The van der Waals surface area contributed by atoms with Crippen LogP contribution in [0.3, 0.4) is 0 Å². The lowest BCUT2D eigenvalue weighted by Crippen LogP contribution is -2.40. The first kappa shape index (κ1) is 19.2. The van der Waals surface area contributed by atoms with Gasteiger partial charge in [0.2, 0.25) is 5.91 Å². The van der Waals surface area contributed by atoms with E-state index in [2.05, 4.69) is 27.6 Å². The first-order chi connectivity index (χ1) is 14.2. The molecular weight excluding hydrogens is 360 g/mol. The van der Waals surface area contributed by atoms with E-state index in [-0.39, 0.29) is 11.9 Å². The Morgan fingerprint density at radius 1 is 1.10 bits per heavy atom. The van der Waals surface area contributed by atoms with Crippen LogP contribution >= 0.6 is 0 Å². The fraction of sp³-hybridized carbons (Fsp3) is 0.250. The Morgan fingerprint density at radius 3 is 2.52 bits per heavy atom. The molecule has 0 saturated carbocycles. The highest BCUT2D eigenvalue weighted by atomic mass is 16.2. The van der Waals surface area contributed by atoms with Crippen LogP contribution in [-0.2, 0) is 4.79 Å². The summed E-state index contributed by atoms with van der Waals surface area (Å²) in [7, 11) is 0. The van der Waals surface area contributed by atoms with Crippen LogP contribution in [0.25, 0.3) is 11.3 Å². The molecular formula is C24H26N4O. The molecule has 0 spiro atoms. The van der Waals surface area contributed by atoms with E-state index < -0.39 is 0 Å². The maximum Gasteiger partial charge on any atom is 0.234 e. The quantitative estimate of drug-likeness (QED) is 0.700. The molecule has 1 aromatic heterocycles. The van der Waals surface area contributed by atoms with E-state index in [1.54, 1.807) is 0 Å². The van der Waals surface area contributed by atoms with E-state index in [0.29, 0.717) is 6.54 Å². The molecule has 0 aliphatic carbocycles. The van der Waals surface area contributed by atoms with Gasteiger partial charge >= 0.3 is 0 Å². The minimum absolute atomic E-state index is 0.0171. The van der Waals surface area contributed by atoms with Gasteiger partial charge in [-0.25, -0.2) is 4.68 Å². The first-order valence-corrected chi connectivity index (χ1v) is 10.1. The number of amides is 1. The molecule has 0 radical (unpaired) electrons. The molecule has 2 aromatic carbocycles. The molecule has 3 aromatic rings. The van der Waals surface area contributed by atoms with E-state index in [4.69, 9.17) is 0 Å². The molecule has 0 bridgehead atoms. The van der Waals surface area contributed by atoms with Crippen LogP contribution in [0.2, 0.25) is 0 Å². The normalized spacial score (nSPS) is 15.6. The second-order valence-corrected chi connectivity index (χ2v) is 7.42. The number of rotatable bonds is 6. The third-order valence-corrected chi connectivity index (χ3v) is 5.31. The van der Waals surface area contributed by atoms with E-state index in [9.17, 15) is 4.79 Å². The number of hydrogen-bond acceptors (Lipinski definition) is 3. The monoisotopic (exact) mass is 386 g/mol. The summed E-state index contributed by atoms with van der Waals surface area (Å²) in [6.07, 6.45) is 7.12. The number of para-hydroxylation sites is 1. The highest BCUT2D eigenvalue weighted by Crippen LogP contribution is 2.23. The van der Waals surface area contributed by atoms with Crippen molar-refractivity contribution in [3.8, 4) is 5.69 Å². The molecule has 29 heavy (non-hydrogen) atoms. The van der Waals surface area contributed by atoms with E-state index in [1.165, 1.54) is 5.57 Å². The number of carbonyl (C=O) groups excluding carboxylic acids is 1. The third kappa shape index (κ3) is 4.81. The van der Waals surface area contributed by atoms with Gasteiger partial charge in [0.25, 0.3) is 0 Å². The van der Waals surface area contributed by atoms with Gasteiger partial charge in [-0.15, -0.1) is 0 Å². The fourth-order valence-corrected chi connectivity index (χ4v) is 3.64. The molecule has 1 aliphatic rings. The highest BCUT2D eigenvalue weighted by Gasteiger charge is 2.18. The van der Waals surface area contributed by atoms with Crippen molar-refractivity contribution in [2.24, 2.45) is 0 Å². The second-order valence-electron chi connectivity index (χ2n) is 7.42. The van der Waals surface area contributed by atoms with Gasteiger partial charge in [0.15, 0.2) is 0 Å². The van der Waals surface area contributed by atoms with Gasteiger partial charge in [-0.3, -0.25) is 9.69 Å². The Hall–Kier alpha value is -3.18. The van der Waals surface area contributed by atoms with Crippen LogP contribution in [0, 0.1) is 0 Å². The lowest BCUT2D eigenvalue weighted by Gasteiger charge is -2.26. The predicted octanol–water partition coefficient (Wildman–Crippen LogP) is 3.84. The largest absolute Gasteiger partial charge is 0.348 e. The molecule has 1 N–H and O–H groups in total. The third-order valence-electron chi connectivity index (χ3n) is 5.31. The summed E-state index contributed by atoms with van der Waals surface area (Å²) >= 11 is 0. The summed E-state index contributed by atoms with van der Waals surface area (Å²) in [5.74, 6) is 0.0649. The summed E-state index contributed by atoms with van der Waals surface area (Å²) in [5.41, 5.74) is 4.62. The average Bonchev–Trinajstić information content (AvgIpc) is 3.26. The van der Waals surface area contributed by atoms with Crippen molar-refractivity contribution in [3.63, 3.8) is 0 Å². The minimum Gasteiger partial charge on any atom is -0.348 e. The van der Waals surface area contributed by atoms with Gasteiger partial charge in [0.05, 0.1) is 24.5 Å². The molecule has 1 atom stereocenters. The van der Waals surface area contributed by atoms with Crippen molar-refractivity contribution in [2.75, 3.05) is 19.6 Å². The molecule has 148 valence electrons. The summed E-state index contributed by atoms with van der Waals surface area (Å²) in [4.78, 5) is 14.6. The molecule has 1 aliphatic heterocycles. The zero-order chi connectivity index (χ0) is 20.1. The lowest BCUT2D eigenvalue weighted by molar-refractivity contribution is -0.122. The van der Waals surface area contributed by atoms with Gasteiger partial charge in [-0.05, 0) is 36.6 Å². The maximum atomic E-state index is 12.4. The molecule has 5 heteroatoms. The second kappa shape index (κ2) is 8.88. The van der Waals surface area contributed by atoms with Gasteiger partial charge in [-0.2, -0.15) is 5.10 Å². The van der Waals surface area contributed by atoms with Gasteiger partial charge < -0.3 is 5.32 Å². The van der Waals surface area contributed by atoms with Crippen molar-refractivity contribution < 1.29 is 4.79 Å². The summed E-state index contributed by atoms with van der Waals surface area (Å²) in [6.45, 7) is 4.09. The first-order valence-electron chi connectivity index (χ1n) is 10.1. The van der Waals surface area contributed by atoms with Crippen molar-refractivity contribution >= 4 is 11.5 Å². The lowest BCUT2D eigenvalue weighted by atomic mass is 10.0. The van der Waals surface area contributed by atoms with Gasteiger partial charge in [-0.1, -0.05) is 54.6 Å². The van der Waals surface area contributed by atoms with Crippen LogP contribution in [0.1, 0.15) is 30.5 Å². The van der Waals surface area contributed by atoms with Crippen LogP contribution in [0.4, 0.5) is 0 Å². The fourth-order valence-electron chi connectivity index (χ4n) is 3.64. The number of benzene rings is 2. The van der Waals surface area contributed by atoms with Crippen LogP contribution in [-0.4, -0.2) is 40.2 Å². The Bertz CT molecular complexity index is 978.